The van der Waals surface area contributed by atoms with E-state index in [4.69, 9.17) is 4.74 Å². The van der Waals surface area contributed by atoms with Gasteiger partial charge in [-0.1, -0.05) is 6.07 Å². The molecule has 0 radical (unpaired) electrons. The molecule has 0 bridgehead atoms. The van der Waals surface area contributed by atoms with E-state index in [9.17, 15) is 14.3 Å². The Hall–Kier alpha value is -1.88. The second kappa shape index (κ2) is 7.22. The van der Waals surface area contributed by atoms with E-state index < -0.39 is 5.82 Å². The summed E-state index contributed by atoms with van der Waals surface area (Å²) in [6.45, 7) is 0. The molecule has 1 aromatic rings. The number of ether oxygens (including phenoxy) is 1. The maximum Gasteiger partial charge on any atom is 0.244 e. The van der Waals surface area contributed by atoms with E-state index in [1.54, 1.807) is 12.1 Å². The Morgan fingerprint density at radius 1 is 1.38 bits per heavy atom. The topological polar surface area (TPSA) is 58.6 Å². The van der Waals surface area contributed by atoms with Gasteiger partial charge in [0.15, 0.2) is 11.6 Å². The molecule has 1 amide bonds. The van der Waals surface area contributed by atoms with E-state index in [0.717, 1.165) is 25.7 Å². The predicted octanol–water partition coefficient (Wildman–Crippen LogP) is 2.27. The summed E-state index contributed by atoms with van der Waals surface area (Å²) in [5.41, 5.74) is 0.600. The second-order valence-corrected chi connectivity index (χ2v) is 5.24. The standard InChI is InChI=1S/C16H20FNO3/c1-21-15-8-2-11(10-14(15)17)3-9-16(20)18-12-4-6-13(19)7-5-12/h2-3,8-10,12-13,19H,4-7H2,1H3,(H,18,20)/b9-3+. The van der Waals surface area contributed by atoms with E-state index in [1.165, 1.54) is 25.3 Å². The average Bonchev–Trinajstić information content (AvgIpc) is 2.48. The lowest BCUT2D eigenvalue weighted by molar-refractivity contribution is -0.117. The first-order valence-corrected chi connectivity index (χ1v) is 7.08. The van der Waals surface area contributed by atoms with Crippen LogP contribution in [0.25, 0.3) is 6.08 Å². The van der Waals surface area contributed by atoms with Gasteiger partial charge in [-0.05, 0) is 49.5 Å². The molecule has 1 aliphatic rings. The van der Waals surface area contributed by atoms with Crippen LogP contribution < -0.4 is 10.1 Å². The number of aliphatic hydroxyl groups excluding tert-OH is 1. The molecule has 114 valence electrons. The predicted molar refractivity (Wildman–Crippen MR) is 78.4 cm³/mol. The van der Waals surface area contributed by atoms with Gasteiger partial charge >= 0.3 is 0 Å². The van der Waals surface area contributed by atoms with Gasteiger partial charge in [-0.2, -0.15) is 0 Å². The van der Waals surface area contributed by atoms with Gasteiger partial charge in [0.05, 0.1) is 13.2 Å². The fraction of sp³-hybridized carbons (Fsp3) is 0.438. The summed E-state index contributed by atoms with van der Waals surface area (Å²) < 4.78 is 18.3. The number of rotatable bonds is 4. The monoisotopic (exact) mass is 293 g/mol. The number of amides is 1. The van der Waals surface area contributed by atoms with Gasteiger partial charge in [-0.15, -0.1) is 0 Å². The van der Waals surface area contributed by atoms with E-state index >= 15 is 0 Å². The summed E-state index contributed by atoms with van der Waals surface area (Å²) in [5, 5.41) is 12.3. The van der Waals surface area contributed by atoms with Gasteiger partial charge in [0.25, 0.3) is 0 Å². The normalized spacial score (nSPS) is 22.2. The van der Waals surface area contributed by atoms with Crippen molar-refractivity contribution in [3.05, 3.63) is 35.7 Å². The molecular formula is C16H20FNO3. The number of nitrogens with one attached hydrogen (secondary N) is 1. The van der Waals surface area contributed by atoms with Crippen molar-refractivity contribution >= 4 is 12.0 Å². The zero-order valence-corrected chi connectivity index (χ0v) is 12.0. The molecule has 1 fully saturated rings. The molecule has 1 aromatic carbocycles. The molecule has 5 heteroatoms. The van der Waals surface area contributed by atoms with Crippen LogP contribution in [0.4, 0.5) is 4.39 Å². The van der Waals surface area contributed by atoms with E-state index in [-0.39, 0.29) is 23.8 Å². The Morgan fingerprint density at radius 3 is 2.71 bits per heavy atom. The first-order chi connectivity index (χ1) is 10.1. The molecule has 0 aliphatic heterocycles. The zero-order chi connectivity index (χ0) is 15.2. The molecule has 1 saturated carbocycles. The first kappa shape index (κ1) is 15.5. The Bertz CT molecular complexity index is 522. The molecule has 2 rings (SSSR count). The number of carbonyl (C=O) groups excluding carboxylic acids is 1. The van der Waals surface area contributed by atoms with E-state index in [0.29, 0.717) is 5.56 Å². The minimum atomic E-state index is -0.457. The number of carbonyl (C=O) groups is 1. The van der Waals surface area contributed by atoms with Gasteiger partial charge in [-0.3, -0.25) is 4.79 Å². The van der Waals surface area contributed by atoms with Crippen molar-refractivity contribution in [2.45, 2.75) is 37.8 Å². The maximum absolute atomic E-state index is 13.5. The van der Waals surface area contributed by atoms with Crippen LogP contribution >= 0.6 is 0 Å². The number of halogens is 1. The quantitative estimate of drug-likeness (QED) is 0.837. The molecule has 21 heavy (non-hydrogen) atoms. The van der Waals surface area contributed by atoms with Crippen LogP contribution in [0.5, 0.6) is 5.75 Å². The van der Waals surface area contributed by atoms with Crippen molar-refractivity contribution in [1.82, 2.24) is 5.32 Å². The highest BCUT2D eigenvalue weighted by Crippen LogP contribution is 2.19. The fourth-order valence-electron chi connectivity index (χ4n) is 2.43. The lowest BCUT2D eigenvalue weighted by atomic mass is 9.93. The highest BCUT2D eigenvalue weighted by atomic mass is 19.1. The van der Waals surface area contributed by atoms with Crippen LogP contribution in [0, 0.1) is 5.82 Å². The first-order valence-electron chi connectivity index (χ1n) is 7.08. The average molecular weight is 293 g/mol. The fourth-order valence-corrected chi connectivity index (χ4v) is 2.43. The summed E-state index contributed by atoms with van der Waals surface area (Å²) in [5.74, 6) is -0.480. The number of benzene rings is 1. The van der Waals surface area contributed by atoms with Gasteiger partial charge < -0.3 is 15.2 Å². The third-order valence-electron chi connectivity index (χ3n) is 3.65. The molecule has 0 unspecified atom stereocenters. The van der Waals surface area contributed by atoms with Gasteiger partial charge in [0.1, 0.15) is 0 Å². The highest BCUT2D eigenvalue weighted by Gasteiger charge is 2.19. The van der Waals surface area contributed by atoms with Crippen LogP contribution in [0.1, 0.15) is 31.2 Å². The summed E-state index contributed by atoms with van der Waals surface area (Å²) in [6, 6.07) is 4.63. The molecular weight excluding hydrogens is 273 g/mol. The van der Waals surface area contributed by atoms with Crippen LogP contribution in [0.15, 0.2) is 24.3 Å². The van der Waals surface area contributed by atoms with Crippen molar-refractivity contribution < 1.29 is 19.0 Å². The number of hydrogen-bond acceptors (Lipinski definition) is 3. The van der Waals surface area contributed by atoms with E-state index in [2.05, 4.69) is 5.32 Å². The molecule has 0 saturated heterocycles. The minimum Gasteiger partial charge on any atom is -0.494 e. The SMILES string of the molecule is COc1ccc(/C=C/C(=O)NC2CCC(O)CC2)cc1F. The Labute approximate surface area is 123 Å². The summed E-state index contributed by atoms with van der Waals surface area (Å²) in [7, 11) is 1.41. The molecule has 1 aliphatic carbocycles. The number of hydrogen-bond donors (Lipinski definition) is 2. The van der Waals surface area contributed by atoms with Crippen molar-refractivity contribution in [2.75, 3.05) is 7.11 Å². The highest BCUT2D eigenvalue weighted by molar-refractivity contribution is 5.91. The van der Waals surface area contributed by atoms with Gasteiger partial charge in [-0.25, -0.2) is 4.39 Å². The largest absolute Gasteiger partial charge is 0.494 e. The lowest BCUT2D eigenvalue weighted by Gasteiger charge is -2.25. The molecule has 0 heterocycles. The van der Waals surface area contributed by atoms with Crippen LogP contribution in [-0.4, -0.2) is 30.3 Å². The molecule has 4 nitrogen and oxygen atoms in total. The zero-order valence-electron chi connectivity index (χ0n) is 12.0. The molecule has 0 aromatic heterocycles. The maximum atomic E-state index is 13.5. The van der Waals surface area contributed by atoms with Crippen molar-refractivity contribution in [3.8, 4) is 5.75 Å². The third kappa shape index (κ3) is 4.56. The molecule has 0 spiro atoms. The van der Waals surface area contributed by atoms with Crippen molar-refractivity contribution in [1.29, 1.82) is 0 Å². The van der Waals surface area contributed by atoms with Crippen molar-refractivity contribution in [3.63, 3.8) is 0 Å². The van der Waals surface area contributed by atoms with Gasteiger partial charge in [0, 0.05) is 12.1 Å². The number of aliphatic hydroxyl groups is 1. The Balaban J connectivity index is 1.88. The van der Waals surface area contributed by atoms with Gasteiger partial charge in [0.2, 0.25) is 5.91 Å². The minimum absolute atomic E-state index is 0.109. The van der Waals surface area contributed by atoms with Crippen molar-refractivity contribution in [2.24, 2.45) is 0 Å². The van der Waals surface area contributed by atoms with Crippen LogP contribution in [0.2, 0.25) is 0 Å². The summed E-state index contributed by atoms with van der Waals surface area (Å²) in [6.07, 6.45) is 5.74. The lowest BCUT2D eigenvalue weighted by Crippen LogP contribution is -2.37. The molecule has 2 N–H and O–H groups in total. The Morgan fingerprint density at radius 2 is 2.10 bits per heavy atom. The Kier molecular flexibility index (Phi) is 5.33. The smallest absolute Gasteiger partial charge is 0.244 e. The molecule has 0 atom stereocenters. The van der Waals surface area contributed by atoms with E-state index in [1.807, 2.05) is 0 Å². The third-order valence-corrected chi connectivity index (χ3v) is 3.65. The summed E-state index contributed by atoms with van der Waals surface area (Å²) in [4.78, 5) is 11.8. The summed E-state index contributed by atoms with van der Waals surface area (Å²) >= 11 is 0. The second-order valence-electron chi connectivity index (χ2n) is 5.24. The van der Waals surface area contributed by atoms with Crippen LogP contribution in [-0.2, 0) is 4.79 Å². The van der Waals surface area contributed by atoms with Crippen LogP contribution in [0.3, 0.4) is 0 Å². The number of methoxy groups -OCH3 is 1.